The lowest BCUT2D eigenvalue weighted by molar-refractivity contribution is -0.149. The SMILES string of the molecule is COC(=O)[C@H]1[C@@H]2CC[C@@H](C2)[C@@H]1Cc1nc(-c2cn(S(=O)(=O)c3ccc(C)cc3)c3c(F)cc(F)cc23)ncc1F. The maximum atomic E-state index is 15.1. The first-order valence-electron chi connectivity index (χ1n) is 13.0. The molecule has 208 valence electrons. The number of halogens is 3. The molecule has 0 spiro atoms. The van der Waals surface area contributed by atoms with Gasteiger partial charge in [-0.05, 0) is 68.6 Å². The maximum absolute atomic E-state index is 15.1. The highest BCUT2D eigenvalue weighted by atomic mass is 32.2. The van der Waals surface area contributed by atoms with Gasteiger partial charge in [0.05, 0.1) is 29.8 Å². The number of esters is 1. The maximum Gasteiger partial charge on any atom is 0.309 e. The molecule has 7 nitrogen and oxygen atoms in total. The van der Waals surface area contributed by atoms with Crippen LogP contribution in [0, 0.1) is 48.0 Å². The van der Waals surface area contributed by atoms with Gasteiger partial charge in [0.1, 0.15) is 11.3 Å². The van der Waals surface area contributed by atoms with Crippen LogP contribution in [0.5, 0.6) is 0 Å². The highest BCUT2D eigenvalue weighted by molar-refractivity contribution is 7.90. The second-order valence-corrected chi connectivity index (χ2v) is 12.5. The summed E-state index contributed by atoms with van der Waals surface area (Å²) in [6.45, 7) is 1.80. The molecule has 0 radical (unpaired) electrons. The van der Waals surface area contributed by atoms with Crippen molar-refractivity contribution in [1.29, 1.82) is 0 Å². The van der Waals surface area contributed by atoms with Crippen LogP contribution in [0.4, 0.5) is 13.2 Å². The van der Waals surface area contributed by atoms with Crippen LogP contribution in [0.3, 0.4) is 0 Å². The minimum Gasteiger partial charge on any atom is -0.469 e. The molecule has 2 heterocycles. The van der Waals surface area contributed by atoms with Gasteiger partial charge in [-0.15, -0.1) is 0 Å². The third kappa shape index (κ3) is 4.27. The molecule has 2 bridgehead atoms. The normalized spacial score (nSPS) is 22.2. The number of aryl methyl sites for hydroxylation is 1. The summed E-state index contributed by atoms with van der Waals surface area (Å²) in [5.74, 6) is -3.18. The summed E-state index contributed by atoms with van der Waals surface area (Å²) in [5, 5.41) is -0.0712. The van der Waals surface area contributed by atoms with Gasteiger partial charge in [0.25, 0.3) is 10.0 Å². The largest absolute Gasteiger partial charge is 0.469 e. The van der Waals surface area contributed by atoms with Gasteiger partial charge in [-0.2, -0.15) is 0 Å². The molecule has 0 amide bonds. The van der Waals surface area contributed by atoms with Gasteiger partial charge < -0.3 is 4.74 Å². The predicted octanol–water partition coefficient (Wildman–Crippen LogP) is 5.44. The van der Waals surface area contributed by atoms with E-state index in [1.807, 2.05) is 0 Å². The minimum absolute atomic E-state index is 0.0304. The van der Waals surface area contributed by atoms with Crippen LogP contribution in [-0.2, 0) is 26.0 Å². The molecular weight excluding hydrogens is 543 g/mol. The summed E-state index contributed by atoms with van der Waals surface area (Å²) in [6.07, 6.45) is 4.98. The van der Waals surface area contributed by atoms with Crippen LogP contribution in [0.15, 0.2) is 53.7 Å². The zero-order valence-electron chi connectivity index (χ0n) is 21.8. The molecule has 6 rings (SSSR count). The highest BCUT2D eigenvalue weighted by Gasteiger charge is 2.51. The molecule has 2 aliphatic rings. The number of benzene rings is 2. The molecule has 0 aliphatic heterocycles. The summed E-state index contributed by atoms with van der Waals surface area (Å²) in [6, 6.07) is 7.63. The molecule has 40 heavy (non-hydrogen) atoms. The van der Waals surface area contributed by atoms with Crippen LogP contribution in [0.1, 0.15) is 30.5 Å². The van der Waals surface area contributed by atoms with E-state index in [2.05, 4.69) is 9.97 Å². The third-order valence-electron chi connectivity index (χ3n) is 8.41. The average Bonchev–Trinajstić information content (AvgIpc) is 3.64. The number of nitrogens with zero attached hydrogens (tertiary/aromatic N) is 3. The van der Waals surface area contributed by atoms with E-state index in [-0.39, 0.29) is 68.9 Å². The van der Waals surface area contributed by atoms with E-state index in [0.717, 1.165) is 47.3 Å². The summed E-state index contributed by atoms with van der Waals surface area (Å²) in [5.41, 5.74) is 0.547. The van der Waals surface area contributed by atoms with E-state index in [1.165, 1.54) is 19.2 Å². The van der Waals surface area contributed by atoms with Gasteiger partial charge in [-0.1, -0.05) is 17.7 Å². The Morgan fingerprint density at radius 1 is 1.07 bits per heavy atom. The lowest BCUT2D eigenvalue weighted by atomic mass is 9.77. The fourth-order valence-electron chi connectivity index (χ4n) is 6.54. The van der Waals surface area contributed by atoms with Crippen molar-refractivity contribution in [3.8, 4) is 11.4 Å². The summed E-state index contributed by atoms with van der Waals surface area (Å²) >= 11 is 0. The van der Waals surface area contributed by atoms with Crippen molar-refractivity contribution in [3.63, 3.8) is 0 Å². The summed E-state index contributed by atoms with van der Waals surface area (Å²) in [4.78, 5) is 20.9. The van der Waals surface area contributed by atoms with Gasteiger partial charge >= 0.3 is 5.97 Å². The number of methoxy groups -OCH3 is 1. The molecule has 2 aromatic carbocycles. The first-order chi connectivity index (χ1) is 19.1. The van der Waals surface area contributed by atoms with E-state index in [9.17, 15) is 17.6 Å². The minimum atomic E-state index is -4.29. The second-order valence-electron chi connectivity index (χ2n) is 10.7. The van der Waals surface area contributed by atoms with Crippen molar-refractivity contribution in [1.82, 2.24) is 13.9 Å². The van der Waals surface area contributed by atoms with Gasteiger partial charge in [0.2, 0.25) is 0 Å². The van der Waals surface area contributed by atoms with E-state index in [0.29, 0.717) is 6.07 Å². The number of fused-ring (bicyclic) bond motifs is 3. The average molecular weight is 570 g/mol. The van der Waals surface area contributed by atoms with Crippen LogP contribution in [-0.4, -0.2) is 35.4 Å². The number of rotatable bonds is 6. The number of carbonyl (C=O) groups is 1. The fourth-order valence-corrected chi connectivity index (χ4v) is 7.92. The lowest BCUT2D eigenvalue weighted by Crippen LogP contribution is -2.32. The third-order valence-corrected chi connectivity index (χ3v) is 10.1. The van der Waals surface area contributed by atoms with E-state index < -0.39 is 27.5 Å². The van der Waals surface area contributed by atoms with E-state index >= 15 is 8.78 Å². The molecule has 2 saturated carbocycles. The molecule has 2 aromatic heterocycles. The Morgan fingerprint density at radius 3 is 2.52 bits per heavy atom. The molecule has 0 unspecified atom stereocenters. The molecule has 0 N–H and O–H groups in total. The number of hydrogen-bond donors (Lipinski definition) is 0. The molecular formula is C29H26F3N3O4S. The molecule has 2 aliphatic carbocycles. The van der Waals surface area contributed by atoms with Crippen molar-refractivity contribution in [2.75, 3.05) is 7.11 Å². The summed E-state index contributed by atoms with van der Waals surface area (Å²) < 4.78 is 77.4. The first kappa shape index (κ1) is 26.5. The van der Waals surface area contributed by atoms with Crippen LogP contribution < -0.4 is 0 Å². The predicted molar refractivity (Wildman–Crippen MR) is 140 cm³/mol. The van der Waals surface area contributed by atoms with Crippen molar-refractivity contribution >= 4 is 26.9 Å². The molecule has 4 aromatic rings. The quantitative estimate of drug-likeness (QED) is 0.287. The zero-order valence-corrected chi connectivity index (χ0v) is 22.6. The first-order valence-corrected chi connectivity index (χ1v) is 14.4. The highest BCUT2D eigenvalue weighted by Crippen LogP contribution is 2.53. The smallest absolute Gasteiger partial charge is 0.309 e. The molecule has 0 saturated heterocycles. The van der Waals surface area contributed by atoms with E-state index in [1.54, 1.807) is 19.1 Å². The van der Waals surface area contributed by atoms with Crippen molar-refractivity contribution in [3.05, 3.63) is 77.5 Å². The second kappa shape index (κ2) is 9.72. The zero-order chi connectivity index (χ0) is 28.3. The Bertz CT molecular complexity index is 1750. The van der Waals surface area contributed by atoms with Crippen LogP contribution >= 0.6 is 0 Å². The van der Waals surface area contributed by atoms with Crippen molar-refractivity contribution in [2.24, 2.45) is 23.7 Å². The monoisotopic (exact) mass is 569 g/mol. The number of ether oxygens (including phenoxy) is 1. The molecule has 4 atom stereocenters. The molecule has 11 heteroatoms. The Balaban J connectivity index is 1.46. The molecule has 2 fully saturated rings. The van der Waals surface area contributed by atoms with Gasteiger partial charge in [0.15, 0.2) is 17.5 Å². The van der Waals surface area contributed by atoms with Crippen LogP contribution in [0.25, 0.3) is 22.3 Å². The fraction of sp³-hybridized carbons (Fsp3) is 0.345. The standard InChI is InChI=1S/C29H26F3N3O4S/c1-15-3-7-19(8-4-15)40(37,38)35-14-22(21-10-18(30)11-23(31)27(21)35)28-33-13-24(32)25(34-28)12-20-16-5-6-17(9-16)26(20)29(36)39-2/h3-4,7-8,10-11,13-14,16-17,20,26H,5-6,9,12H2,1-2H3/t16-,17+,20-,26-/m0/s1. The Hall–Kier alpha value is -3.73. The van der Waals surface area contributed by atoms with Gasteiger partial charge in [0, 0.05) is 23.2 Å². The Kier molecular flexibility index (Phi) is 6.44. The summed E-state index contributed by atoms with van der Waals surface area (Å²) in [7, 11) is -2.95. The Labute approximate surface area is 229 Å². The van der Waals surface area contributed by atoms with Crippen LogP contribution in [0.2, 0.25) is 0 Å². The van der Waals surface area contributed by atoms with Crippen molar-refractivity contribution < 1.29 is 31.1 Å². The topological polar surface area (TPSA) is 91.1 Å². The van der Waals surface area contributed by atoms with E-state index in [4.69, 9.17) is 4.74 Å². The van der Waals surface area contributed by atoms with Gasteiger partial charge in [-0.3, -0.25) is 4.79 Å². The van der Waals surface area contributed by atoms with Crippen molar-refractivity contribution in [2.45, 2.75) is 37.5 Å². The number of carbonyl (C=O) groups excluding carboxylic acids is 1. The number of hydrogen-bond acceptors (Lipinski definition) is 6. The lowest BCUT2D eigenvalue weighted by Gasteiger charge is -2.29. The Morgan fingerprint density at radius 2 is 1.80 bits per heavy atom. The number of aromatic nitrogens is 3. The van der Waals surface area contributed by atoms with Gasteiger partial charge in [-0.25, -0.2) is 35.5 Å².